The van der Waals surface area contributed by atoms with Crippen LogP contribution in [0.15, 0.2) is 28.9 Å². The lowest BCUT2D eigenvalue weighted by molar-refractivity contribution is 0.0985. The van der Waals surface area contributed by atoms with Crippen LogP contribution < -0.4 is 4.90 Å². The molecule has 0 saturated carbocycles. The van der Waals surface area contributed by atoms with Crippen molar-refractivity contribution in [3.63, 3.8) is 0 Å². The Morgan fingerprint density at radius 2 is 1.97 bits per heavy atom. The standard InChI is InChI=1S/C18H20F2N6O2S/c1-11-9-28-5-4-25(11)17-8-16(24-29(2,3)27)22-18(23-17)26-10-21-14-6-12(19)13(20)7-15(14)26/h6-8,10-11H,4-5,9H2,1-3H3/t11-/m1/s1. The van der Waals surface area contributed by atoms with Crippen LogP contribution in [0.1, 0.15) is 6.92 Å². The van der Waals surface area contributed by atoms with Crippen LogP contribution in [0.25, 0.3) is 17.0 Å². The molecule has 11 heteroatoms. The van der Waals surface area contributed by atoms with E-state index in [1.54, 1.807) is 6.07 Å². The summed E-state index contributed by atoms with van der Waals surface area (Å²) in [4.78, 5) is 15.1. The number of benzene rings is 1. The summed E-state index contributed by atoms with van der Waals surface area (Å²) < 4.78 is 50.7. The van der Waals surface area contributed by atoms with Crippen molar-refractivity contribution >= 4 is 32.4 Å². The van der Waals surface area contributed by atoms with Crippen LogP contribution in [-0.4, -0.2) is 62.0 Å². The van der Waals surface area contributed by atoms with E-state index in [4.69, 9.17) is 4.74 Å². The zero-order valence-electron chi connectivity index (χ0n) is 16.2. The van der Waals surface area contributed by atoms with E-state index in [1.165, 1.54) is 23.4 Å². The highest BCUT2D eigenvalue weighted by atomic mass is 32.2. The monoisotopic (exact) mass is 422 g/mol. The van der Waals surface area contributed by atoms with Crippen LogP contribution in [0.3, 0.4) is 0 Å². The van der Waals surface area contributed by atoms with Gasteiger partial charge in [-0.3, -0.25) is 4.57 Å². The maximum atomic E-state index is 13.8. The van der Waals surface area contributed by atoms with Crippen LogP contribution in [0.4, 0.5) is 20.4 Å². The predicted octanol–water partition coefficient (Wildman–Crippen LogP) is 2.68. The van der Waals surface area contributed by atoms with Crippen molar-refractivity contribution in [1.29, 1.82) is 0 Å². The highest BCUT2D eigenvalue weighted by molar-refractivity contribution is 7.92. The van der Waals surface area contributed by atoms with Gasteiger partial charge in [0.2, 0.25) is 5.95 Å². The van der Waals surface area contributed by atoms with Gasteiger partial charge in [-0.15, -0.1) is 0 Å². The van der Waals surface area contributed by atoms with Gasteiger partial charge in [0.1, 0.15) is 12.1 Å². The summed E-state index contributed by atoms with van der Waals surface area (Å²) in [6, 6.07) is 3.80. The molecule has 0 bridgehead atoms. The fraction of sp³-hybridized carbons (Fsp3) is 0.389. The first-order valence-electron chi connectivity index (χ1n) is 8.94. The third kappa shape index (κ3) is 4.06. The van der Waals surface area contributed by atoms with E-state index in [2.05, 4.69) is 19.3 Å². The highest BCUT2D eigenvalue weighted by Crippen LogP contribution is 2.26. The van der Waals surface area contributed by atoms with Crippen LogP contribution in [0.5, 0.6) is 0 Å². The number of ether oxygens (including phenoxy) is 1. The third-order valence-corrected chi connectivity index (χ3v) is 5.09. The SMILES string of the molecule is C[C@@H]1COCCN1c1cc(N=S(C)(C)=O)nc(-n2cnc3cc(F)c(F)cc32)n1. The van der Waals surface area contributed by atoms with Crippen LogP contribution in [-0.2, 0) is 14.5 Å². The number of hydrogen-bond donors (Lipinski definition) is 0. The third-order valence-electron chi connectivity index (χ3n) is 4.47. The minimum atomic E-state index is -2.47. The van der Waals surface area contributed by atoms with Crippen molar-refractivity contribution in [3.05, 3.63) is 36.2 Å². The maximum Gasteiger partial charge on any atom is 0.239 e. The normalized spacial score (nSPS) is 17.7. The van der Waals surface area contributed by atoms with E-state index < -0.39 is 21.4 Å². The molecule has 1 atom stereocenters. The summed E-state index contributed by atoms with van der Waals surface area (Å²) in [5, 5.41) is 0. The first-order chi connectivity index (χ1) is 13.7. The fourth-order valence-electron chi connectivity index (χ4n) is 3.17. The summed E-state index contributed by atoms with van der Waals surface area (Å²) in [5.74, 6) is -0.975. The van der Waals surface area contributed by atoms with Crippen molar-refractivity contribution in [2.75, 3.05) is 37.2 Å². The van der Waals surface area contributed by atoms with E-state index >= 15 is 0 Å². The average molecular weight is 422 g/mol. The number of halogens is 2. The predicted molar refractivity (Wildman–Crippen MR) is 106 cm³/mol. The van der Waals surface area contributed by atoms with Crippen molar-refractivity contribution in [1.82, 2.24) is 19.5 Å². The van der Waals surface area contributed by atoms with Gasteiger partial charge in [-0.05, 0) is 6.92 Å². The molecular weight excluding hydrogens is 402 g/mol. The summed E-state index contributed by atoms with van der Waals surface area (Å²) in [5.41, 5.74) is 0.585. The quantitative estimate of drug-likeness (QED) is 0.645. The molecule has 1 aliphatic heterocycles. The molecule has 0 unspecified atom stereocenters. The fourth-order valence-corrected chi connectivity index (χ4v) is 3.71. The average Bonchev–Trinajstić information content (AvgIpc) is 3.03. The molecule has 0 N–H and O–H groups in total. The molecule has 4 rings (SSSR count). The molecule has 29 heavy (non-hydrogen) atoms. The molecule has 8 nitrogen and oxygen atoms in total. The minimum Gasteiger partial charge on any atom is -0.377 e. The highest BCUT2D eigenvalue weighted by Gasteiger charge is 2.22. The number of morpholine rings is 1. The zero-order chi connectivity index (χ0) is 20.8. The lowest BCUT2D eigenvalue weighted by Crippen LogP contribution is -2.44. The van der Waals surface area contributed by atoms with Gasteiger partial charge < -0.3 is 9.64 Å². The Morgan fingerprint density at radius 1 is 1.21 bits per heavy atom. The summed E-state index contributed by atoms with van der Waals surface area (Å²) in [6.45, 7) is 3.72. The second-order valence-electron chi connectivity index (χ2n) is 7.14. The number of aromatic nitrogens is 4. The summed E-state index contributed by atoms with van der Waals surface area (Å²) >= 11 is 0. The number of rotatable bonds is 3. The van der Waals surface area contributed by atoms with Crippen molar-refractivity contribution in [2.24, 2.45) is 4.36 Å². The van der Waals surface area contributed by atoms with E-state index in [0.717, 1.165) is 12.1 Å². The molecule has 1 fully saturated rings. The molecule has 1 aromatic carbocycles. The molecule has 0 spiro atoms. The van der Waals surface area contributed by atoms with Gasteiger partial charge in [0.25, 0.3) is 0 Å². The Hall–Kier alpha value is -2.66. The summed E-state index contributed by atoms with van der Waals surface area (Å²) in [7, 11) is -2.47. The smallest absolute Gasteiger partial charge is 0.239 e. The molecule has 0 amide bonds. The van der Waals surface area contributed by atoms with Gasteiger partial charge >= 0.3 is 0 Å². The lowest BCUT2D eigenvalue weighted by Gasteiger charge is -2.34. The molecule has 0 radical (unpaired) electrons. The minimum absolute atomic E-state index is 0.0676. The van der Waals surface area contributed by atoms with E-state index in [0.29, 0.717) is 31.1 Å². The molecule has 2 aromatic heterocycles. The first kappa shape index (κ1) is 19.6. The van der Waals surface area contributed by atoms with Crippen LogP contribution in [0.2, 0.25) is 0 Å². The van der Waals surface area contributed by atoms with E-state index in [-0.39, 0.29) is 23.3 Å². The summed E-state index contributed by atoms with van der Waals surface area (Å²) in [6.07, 6.45) is 4.41. The van der Waals surface area contributed by atoms with Gasteiger partial charge in [-0.1, -0.05) is 0 Å². The van der Waals surface area contributed by atoms with Crippen LogP contribution >= 0.6 is 0 Å². The van der Waals surface area contributed by atoms with Crippen molar-refractivity contribution < 1.29 is 17.7 Å². The van der Waals surface area contributed by atoms with E-state index in [1.807, 2.05) is 11.8 Å². The first-order valence-corrected chi connectivity index (χ1v) is 11.3. The van der Waals surface area contributed by atoms with Gasteiger partial charge in [-0.2, -0.15) is 14.3 Å². The van der Waals surface area contributed by atoms with Crippen molar-refractivity contribution in [2.45, 2.75) is 13.0 Å². The Bertz CT molecular complexity index is 1200. The number of hydrogen-bond acceptors (Lipinski definition) is 7. The topological polar surface area (TPSA) is 85.5 Å². The van der Waals surface area contributed by atoms with Gasteiger partial charge in [0.15, 0.2) is 17.5 Å². The Kier molecular flexibility index (Phi) is 4.95. The molecule has 154 valence electrons. The molecule has 1 saturated heterocycles. The molecule has 3 heterocycles. The zero-order valence-corrected chi connectivity index (χ0v) is 17.0. The Labute approximate surface area is 166 Å². The van der Waals surface area contributed by atoms with Gasteiger partial charge in [0, 0.05) is 47.0 Å². The second kappa shape index (κ2) is 7.30. The Morgan fingerprint density at radius 3 is 2.69 bits per heavy atom. The second-order valence-corrected chi connectivity index (χ2v) is 9.69. The molecule has 0 aliphatic carbocycles. The van der Waals surface area contributed by atoms with Crippen molar-refractivity contribution in [3.8, 4) is 5.95 Å². The van der Waals surface area contributed by atoms with E-state index in [9.17, 15) is 13.0 Å². The van der Waals surface area contributed by atoms with Crippen LogP contribution in [0, 0.1) is 11.6 Å². The number of nitrogens with zero attached hydrogens (tertiary/aromatic N) is 6. The lowest BCUT2D eigenvalue weighted by atomic mass is 10.2. The van der Waals surface area contributed by atoms with Gasteiger partial charge in [0.05, 0.1) is 30.3 Å². The van der Waals surface area contributed by atoms with Gasteiger partial charge in [-0.25, -0.2) is 18.0 Å². The number of anilines is 1. The molecular formula is C18H20F2N6O2S. The number of imidazole rings is 1. The maximum absolute atomic E-state index is 13.8. The largest absolute Gasteiger partial charge is 0.377 e. The number of fused-ring (bicyclic) bond motifs is 1. The Balaban J connectivity index is 1.91. The molecule has 1 aliphatic rings. The molecule has 3 aromatic rings.